The Bertz CT molecular complexity index is 989. The summed E-state index contributed by atoms with van der Waals surface area (Å²) in [6.45, 7) is -0.0551. The quantitative estimate of drug-likeness (QED) is 0.752. The Kier molecular flexibility index (Phi) is 3.73. The first-order valence-corrected chi connectivity index (χ1v) is 7.11. The molecule has 1 aromatic heterocycles. The zero-order valence-corrected chi connectivity index (χ0v) is 12.6. The van der Waals surface area contributed by atoms with E-state index < -0.39 is 0 Å². The van der Waals surface area contributed by atoms with Gasteiger partial charge in [-0.05, 0) is 30.3 Å². The van der Waals surface area contributed by atoms with Gasteiger partial charge in [-0.25, -0.2) is 4.79 Å². The van der Waals surface area contributed by atoms with Gasteiger partial charge in [-0.3, -0.25) is 13.9 Å². The van der Waals surface area contributed by atoms with Crippen molar-refractivity contribution in [2.45, 2.75) is 6.54 Å². The fourth-order valence-electron chi connectivity index (χ4n) is 2.55. The van der Waals surface area contributed by atoms with Crippen molar-refractivity contribution in [3.8, 4) is 12.3 Å². The molecule has 1 heterocycles. The van der Waals surface area contributed by atoms with Crippen LogP contribution in [0.2, 0.25) is 0 Å². The number of para-hydroxylation sites is 2. The average Bonchev–Trinajstić information content (AvgIpc) is 2.80. The van der Waals surface area contributed by atoms with Crippen LogP contribution in [0.5, 0.6) is 0 Å². The van der Waals surface area contributed by atoms with Crippen LogP contribution in [0.1, 0.15) is 5.56 Å². The van der Waals surface area contributed by atoms with Gasteiger partial charge in [0.1, 0.15) is 6.54 Å². The number of rotatable bonds is 3. The molecule has 0 aliphatic heterocycles. The number of anilines is 1. The van der Waals surface area contributed by atoms with Crippen LogP contribution in [0.3, 0.4) is 0 Å². The maximum absolute atomic E-state index is 12.3. The molecule has 0 aliphatic rings. The van der Waals surface area contributed by atoms with Crippen molar-refractivity contribution in [2.75, 3.05) is 5.32 Å². The van der Waals surface area contributed by atoms with E-state index in [-0.39, 0.29) is 18.1 Å². The van der Waals surface area contributed by atoms with E-state index in [0.717, 1.165) is 11.0 Å². The summed E-state index contributed by atoms with van der Waals surface area (Å²) in [5.74, 6) is 2.24. The summed E-state index contributed by atoms with van der Waals surface area (Å²) >= 11 is 0. The number of imidazole rings is 1. The minimum Gasteiger partial charge on any atom is -0.324 e. The number of carbonyl (C=O) groups is 1. The zero-order chi connectivity index (χ0) is 16.4. The molecule has 0 spiro atoms. The van der Waals surface area contributed by atoms with Crippen molar-refractivity contribution in [1.82, 2.24) is 9.13 Å². The van der Waals surface area contributed by atoms with Crippen molar-refractivity contribution in [3.05, 3.63) is 64.6 Å². The molecule has 0 atom stereocenters. The molecular formula is C18H15N3O2. The third-order valence-corrected chi connectivity index (χ3v) is 3.67. The van der Waals surface area contributed by atoms with E-state index in [4.69, 9.17) is 6.42 Å². The standard InChI is InChI=1S/C18H15N3O2/c1-3-13-7-6-8-14(11-13)19-17(22)12-21-16-10-5-4-9-15(16)20(2)18(21)23/h1,4-11H,12H2,2H3,(H,19,22). The van der Waals surface area contributed by atoms with Crippen LogP contribution in [-0.2, 0) is 18.4 Å². The first kappa shape index (κ1) is 14.7. The molecule has 5 heteroatoms. The molecule has 3 aromatic rings. The van der Waals surface area contributed by atoms with Crippen LogP contribution in [0.15, 0.2) is 53.3 Å². The van der Waals surface area contributed by atoms with Crippen LogP contribution in [0.25, 0.3) is 11.0 Å². The number of benzene rings is 2. The van der Waals surface area contributed by atoms with Crippen molar-refractivity contribution in [2.24, 2.45) is 7.05 Å². The third-order valence-electron chi connectivity index (χ3n) is 3.67. The number of hydrogen-bond acceptors (Lipinski definition) is 2. The molecule has 0 aliphatic carbocycles. The summed E-state index contributed by atoms with van der Waals surface area (Å²) in [7, 11) is 1.69. The number of aryl methyl sites for hydroxylation is 1. The Morgan fingerprint density at radius 2 is 1.91 bits per heavy atom. The molecule has 5 nitrogen and oxygen atoms in total. The molecule has 0 unspecified atom stereocenters. The number of aromatic nitrogens is 2. The minimum atomic E-state index is -0.280. The predicted molar refractivity (Wildman–Crippen MR) is 90.2 cm³/mol. The Hall–Kier alpha value is -3.26. The van der Waals surface area contributed by atoms with Crippen molar-refractivity contribution >= 4 is 22.6 Å². The second kappa shape index (κ2) is 5.85. The number of hydrogen-bond donors (Lipinski definition) is 1. The van der Waals surface area contributed by atoms with Crippen LogP contribution in [-0.4, -0.2) is 15.0 Å². The van der Waals surface area contributed by atoms with Crippen LogP contribution in [0.4, 0.5) is 5.69 Å². The maximum atomic E-state index is 12.3. The largest absolute Gasteiger partial charge is 0.329 e. The first-order chi connectivity index (χ1) is 11.1. The van der Waals surface area contributed by atoms with E-state index in [1.807, 2.05) is 24.3 Å². The monoisotopic (exact) mass is 305 g/mol. The fourth-order valence-corrected chi connectivity index (χ4v) is 2.55. The predicted octanol–water partition coefficient (Wildman–Crippen LogP) is 1.96. The van der Waals surface area contributed by atoms with E-state index in [1.54, 1.807) is 31.3 Å². The maximum Gasteiger partial charge on any atom is 0.329 e. The summed E-state index contributed by atoms with van der Waals surface area (Å²) in [5.41, 5.74) is 2.59. The van der Waals surface area contributed by atoms with E-state index in [0.29, 0.717) is 11.3 Å². The number of amides is 1. The van der Waals surface area contributed by atoms with E-state index >= 15 is 0 Å². The highest BCUT2D eigenvalue weighted by molar-refractivity contribution is 5.91. The number of fused-ring (bicyclic) bond motifs is 1. The molecule has 1 amide bonds. The molecule has 23 heavy (non-hydrogen) atoms. The van der Waals surface area contributed by atoms with Gasteiger partial charge >= 0.3 is 5.69 Å². The lowest BCUT2D eigenvalue weighted by Gasteiger charge is -2.06. The highest BCUT2D eigenvalue weighted by atomic mass is 16.2. The van der Waals surface area contributed by atoms with E-state index in [9.17, 15) is 9.59 Å². The van der Waals surface area contributed by atoms with Crippen LogP contribution >= 0.6 is 0 Å². The summed E-state index contributed by atoms with van der Waals surface area (Å²) in [6.07, 6.45) is 5.35. The second-order valence-corrected chi connectivity index (χ2v) is 5.19. The highest BCUT2D eigenvalue weighted by Gasteiger charge is 2.13. The topological polar surface area (TPSA) is 56.0 Å². The highest BCUT2D eigenvalue weighted by Crippen LogP contribution is 2.13. The SMILES string of the molecule is C#Cc1cccc(NC(=O)Cn2c(=O)n(C)c3ccccc32)c1. The normalized spacial score (nSPS) is 10.4. The number of terminal acetylenes is 1. The van der Waals surface area contributed by atoms with Gasteiger partial charge in [0.15, 0.2) is 0 Å². The van der Waals surface area contributed by atoms with E-state index in [2.05, 4.69) is 11.2 Å². The summed E-state index contributed by atoms with van der Waals surface area (Å²) in [5, 5.41) is 2.76. The number of nitrogens with one attached hydrogen (secondary N) is 1. The number of carbonyl (C=O) groups excluding carboxylic acids is 1. The summed E-state index contributed by atoms with van der Waals surface area (Å²) < 4.78 is 2.98. The molecule has 3 rings (SSSR count). The van der Waals surface area contributed by atoms with Gasteiger partial charge in [0.2, 0.25) is 5.91 Å². The molecule has 2 aromatic carbocycles. The van der Waals surface area contributed by atoms with Crippen molar-refractivity contribution in [1.29, 1.82) is 0 Å². The molecular weight excluding hydrogens is 290 g/mol. The Balaban J connectivity index is 1.88. The lowest BCUT2D eigenvalue weighted by Crippen LogP contribution is -2.28. The second-order valence-electron chi connectivity index (χ2n) is 5.19. The molecule has 0 saturated carbocycles. The van der Waals surface area contributed by atoms with Gasteiger partial charge in [0, 0.05) is 18.3 Å². The van der Waals surface area contributed by atoms with Crippen LogP contribution < -0.4 is 11.0 Å². The Morgan fingerprint density at radius 1 is 1.17 bits per heavy atom. The van der Waals surface area contributed by atoms with Gasteiger partial charge in [0.05, 0.1) is 11.0 Å². The van der Waals surface area contributed by atoms with Gasteiger partial charge in [-0.15, -0.1) is 6.42 Å². The first-order valence-electron chi connectivity index (χ1n) is 7.11. The third kappa shape index (κ3) is 2.74. The smallest absolute Gasteiger partial charge is 0.324 e. The minimum absolute atomic E-state index is 0.0551. The fraction of sp³-hybridized carbons (Fsp3) is 0.111. The molecule has 0 saturated heterocycles. The molecule has 0 radical (unpaired) electrons. The lowest BCUT2D eigenvalue weighted by atomic mass is 10.2. The van der Waals surface area contributed by atoms with Gasteiger partial charge < -0.3 is 5.32 Å². The number of nitrogens with zero attached hydrogens (tertiary/aromatic N) is 2. The average molecular weight is 305 g/mol. The van der Waals surface area contributed by atoms with Crippen molar-refractivity contribution < 1.29 is 4.79 Å². The summed E-state index contributed by atoms with van der Waals surface area (Å²) in [6, 6.07) is 14.4. The molecule has 114 valence electrons. The van der Waals surface area contributed by atoms with E-state index in [1.165, 1.54) is 9.13 Å². The zero-order valence-electron chi connectivity index (χ0n) is 12.6. The Morgan fingerprint density at radius 3 is 2.65 bits per heavy atom. The van der Waals surface area contributed by atoms with Gasteiger partial charge in [-0.1, -0.05) is 24.1 Å². The Labute approximate surface area is 133 Å². The van der Waals surface area contributed by atoms with Crippen molar-refractivity contribution in [3.63, 3.8) is 0 Å². The van der Waals surface area contributed by atoms with Gasteiger partial charge in [-0.2, -0.15) is 0 Å². The summed E-state index contributed by atoms with van der Waals surface area (Å²) in [4.78, 5) is 24.6. The van der Waals surface area contributed by atoms with Gasteiger partial charge in [0.25, 0.3) is 0 Å². The lowest BCUT2D eigenvalue weighted by molar-refractivity contribution is -0.116. The molecule has 0 fully saturated rings. The van der Waals surface area contributed by atoms with Crippen LogP contribution in [0, 0.1) is 12.3 Å². The molecule has 0 bridgehead atoms. The molecule has 1 N–H and O–H groups in total.